The number of esters is 1. The van der Waals surface area contributed by atoms with Gasteiger partial charge < -0.3 is 14.2 Å². The van der Waals surface area contributed by atoms with Crippen molar-refractivity contribution in [3.05, 3.63) is 86.9 Å². The van der Waals surface area contributed by atoms with Crippen LogP contribution in [-0.4, -0.2) is 31.3 Å². The molecule has 1 atom stereocenters. The topological polar surface area (TPSA) is 86.2 Å². The summed E-state index contributed by atoms with van der Waals surface area (Å²) in [5.41, 5.74) is 3.23. The quantitative estimate of drug-likeness (QED) is 0.175. The zero-order chi connectivity index (χ0) is 24.7. The second-order valence-electron chi connectivity index (χ2n) is 6.88. The molecule has 0 radical (unpaired) electrons. The maximum absolute atomic E-state index is 12.4. The van der Waals surface area contributed by atoms with Gasteiger partial charge >= 0.3 is 5.97 Å². The molecule has 0 fully saturated rings. The van der Waals surface area contributed by atoms with Crippen LogP contribution in [0.4, 0.5) is 0 Å². The summed E-state index contributed by atoms with van der Waals surface area (Å²) in [6.07, 6.45) is 0.616. The van der Waals surface area contributed by atoms with Crippen LogP contribution in [0.2, 0.25) is 15.1 Å². The van der Waals surface area contributed by atoms with Crippen molar-refractivity contribution in [3.63, 3.8) is 0 Å². The van der Waals surface area contributed by atoms with Gasteiger partial charge in [0.05, 0.1) is 28.9 Å². The van der Waals surface area contributed by atoms with E-state index in [0.717, 1.165) is 0 Å². The molecule has 3 rings (SSSR count). The summed E-state index contributed by atoms with van der Waals surface area (Å²) in [5, 5.41) is 5.01. The fraction of sp³-hybridized carbons (Fsp3) is 0.125. The minimum atomic E-state index is -0.798. The third-order valence-corrected chi connectivity index (χ3v) is 5.39. The molecule has 176 valence electrons. The van der Waals surface area contributed by atoms with Gasteiger partial charge in [-0.1, -0.05) is 40.9 Å². The molecular weight excluding hydrogens is 503 g/mol. The Labute approximate surface area is 211 Å². The van der Waals surface area contributed by atoms with E-state index in [0.29, 0.717) is 27.1 Å². The van der Waals surface area contributed by atoms with Gasteiger partial charge in [-0.05, 0) is 67.1 Å². The van der Waals surface area contributed by atoms with Crippen LogP contribution in [0.15, 0.2) is 65.8 Å². The Morgan fingerprint density at radius 2 is 1.76 bits per heavy atom. The molecule has 0 saturated carbocycles. The number of carbonyl (C=O) groups excluding carboxylic acids is 2. The highest BCUT2D eigenvalue weighted by atomic mass is 35.5. The molecule has 0 aromatic heterocycles. The molecule has 0 aliphatic rings. The first-order valence-electron chi connectivity index (χ1n) is 9.87. The molecule has 1 amide bonds. The summed E-state index contributed by atoms with van der Waals surface area (Å²) in [5.74, 6) is -0.117. The van der Waals surface area contributed by atoms with Crippen molar-refractivity contribution < 1.29 is 23.8 Å². The molecule has 3 aromatic rings. The number of carbonyl (C=O) groups is 2. The summed E-state index contributed by atoms with van der Waals surface area (Å²) in [6, 6.07) is 15.9. The number of nitrogens with one attached hydrogen (secondary N) is 1. The van der Waals surface area contributed by atoms with Gasteiger partial charge in [0.2, 0.25) is 0 Å². The number of hydrogen-bond acceptors (Lipinski definition) is 6. The summed E-state index contributed by atoms with van der Waals surface area (Å²) < 4.78 is 16.3. The SMILES string of the molecule is COc1cc(/C=N\NC(=O)[C@H](C)Oc2cccc(Cl)c2)ccc1OC(=O)c1ccc(Cl)c(Cl)c1. The van der Waals surface area contributed by atoms with Crippen LogP contribution in [0.25, 0.3) is 0 Å². The molecular formula is C24H19Cl3N2O5. The Hall–Kier alpha value is -3.26. The maximum atomic E-state index is 12.4. The number of halogens is 3. The Kier molecular flexibility index (Phi) is 8.76. The fourth-order valence-corrected chi connectivity index (χ4v) is 3.17. The van der Waals surface area contributed by atoms with Gasteiger partial charge in [0, 0.05) is 5.02 Å². The monoisotopic (exact) mass is 520 g/mol. The van der Waals surface area contributed by atoms with Crippen LogP contribution in [-0.2, 0) is 4.79 Å². The van der Waals surface area contributed by atoms with Crippen molar-refractivity contribution in [2.45, 2.75) is 13.0 Å². The molecule has 0 aliphatic carbocycles. The van der Waals surface area contributed by atoms with Crippen molar-refractivity contribution >= 4 is 52.9 Å². The van der Waals surface area contributed by atoms with E-state index in [-0.39, 0.29) is 16.3 Å². The van der Waals surface area contributed by atoms with E-state index in [1.165, 1.54) is 31.5 Å². The number of amides is 1. The number of hydrazone groups is 1. The number of methoxy groups -OCH3 is 1. The molecule has 1 N–H and O–H groups in total. The Bertz CT molecular complexity index is 1230. The lowest BCUT2D eigenvalue weighted by Gasteiger charge is -2.13. The molecule has 0 saturated heterocycles. The third kappa shape index (κ3) is 6.87. The number of rotatable bonds is 8. The van der Waals surface area contributed by atoms with Gasteiger partial charge in [-0.3, -0.25) is 4.79 Å². The summed E-state index contributed by atoms with van der Waals surface area (Å²) in [4.78, 5) is 24.6. The summed E-state index contributed by atoms with van der Waals surface area (Å²) >= 11 is 17.7. The highest BCUT2D eigenvalue weighted by Gasteiger charge is 2.15. The van der Waals surface area contributed by atoms with Gasteiger partial charge in [-0.2, -0.15) is 5.10 Å². The Morgan fingerprint density at radius 3 is 2.47 bits per heavy atom. The highest BCUT2D eigenvalue weighted by molar-refractivity contribution is 6.42. The van der Waals surface area contributed by atoms with Crippen molar-refractivity contribution in [1.29, 1.82) is 0 Å². The number of benzene rings is 3. The first-order chi connectivity index (χ1) is 16.3. The second-order valence-corrected chi connectivity index (χ2v) is 8.13. The van der Waals surface area contributed by atoms with Crippen molar-refractivity contribution in [2.75, 3.05) is 7.11 Å². The van der Waals surface area contributed by atoms with Crippen molar-refractivity contribution in [3.8, 4) is 17.2 Å². The molecule has 0 aliphatic heterocycles. The molecule has 34 heavy (non-hydrogen) atoms. The van der Waals surface area contributed by atoms with E-state index < -0.39 is 18.0 Å². The molecule has 7 nitrogen and oxygen atoms in total. The van der Waals surface area contributed by atoms with Crippen molar-refractivity contribution in [1.82, 2.24) is 5.43 Å². The zero-order valence-electron chi connectivity index (χ0n) is 18.1. The van der Waals surface area contributed by atoms with Crippen LogP contribution < -0.4 is 19.6 Å². The first-order valence-corrected chi connectivity index (χ1v) is 11.0. The average Bonchev–Trinajstić information content (AvgIpc) is 2.81. The van der Waals surface area contributed by atoms with Gasteiger partial charge in [0.25, 0.3) is 5.91 Å². The first kappa shape index (κ1) is 25.4. The summed E-state index contributed by atoms with van der Waals surface area (Å²) in [7, 11) is 1.43. The molecule has 0 heterocycles. The fourth-order valence-electron chi connectivity index (χ4n) is 2.69. The Balaban J connectivity index is 1.61. The number of hydrogen-bond donors (Lipinski definition) is 1. The zero-order valence-corrected chi connectivity index (χ0v) is 20.3. The lowest BCUT2D eigenvalue weighted by atomic mass is 10.2. The van der Waals surface area contributed by atoms with Crippen LogP contribution in [0.5, 0.6) is 17.2 Å². The average molecular weight is 522 g/mol. The number of ether oxygens (including phenoxy) is 3. The molecule has 3 aromatic carbocycles. The summed E-state index contributed by atoms with van der Waals surface area (Å²) in [6.45, 7) is 1.59. The van der Waals surface area contributed by atoms with E-state index in [4.69, 9.17) is 49.0 Å². The lowest BCUT2D eigenvalue weighted by Crippen LogP contribution is -2.33. The standard InChI is InChI=1S/C24H19Cl3N2O5/c1-14(33-18-5-3-4-17(25)12-18)23(30)29-28-13-15-6-9-21(22(10-15)32-2)34-24(31)16-7-8-19(26)20(27)11-16/h3-14H,1-2H3,(H,29,30)/b28-13-/t14-/m0/s1. The molecule has 0 bridgehead atoms. The molecule has 10 heteroatoms. The van der Waals surface area contributed by atoms with E-state index >= 15 is 0 Å². The largest absolute Gasteiger partial charge is 0.493 e. The van der Waals surface area contributed by atoms with E-state index in [9.17, 15) is 9.59 Å². The minimum absolute atomic E-state index is 0.198. The predicted octanol–water partition coefficient (Wildman–Crippen LogP) is 5.79. The van der Waals surface area contributed by atoms with Gasteiger partial charge in [0.1, 0.15) is 5.75 Å². The van der Waals surface area contributed by atoms with Gasteiger partial charge in [-0.25, -0.2) is 10.2 Å². The van der Waals surface area contributed by atoms with E-state index in [1.54, 1.807) is 49.4 Å². The third-order valence-electron chi connectivity index (χ3n) is 4.41. The molecule has 0 unspecified atom stereocenters. The van der Waals surface area contributed by atoms with Crippen LogP contribution in [0.1, 0.15) is 22.8 Å². The normalized spacial score (nSPS) is 11.7. The van der Waals surface area contributed by atoms with Crippen molar-refractivity contribution in [2.24, 2.45) is 5.10 Å². The second kappa shape index (κ2) is 11.7. The molecule has 0 spiro atoms. The number of nitrogens with zero attached hydrogens (tertiary/aromatic N) is 1. The predicted molar refractivity (Wildman–Crippen MR) is 132 cm³/mol. The van der Waals surface area contributed by atoms with Crippen LogP contribution >= 0.6 is 34.8 Å². The highest BCUT2D eigenvalue weighted by Crippen LogP contribution is 2.29. The van der Waals surface area contributed by atoms with Crippen LogP contribution in [0.3, 0.4) is 0 Å². The minimum Gasteiger partial charge on any atom is -0.493 e. The smallest absolute Gasteiger partial charge is 0.343 e. The van der Waals surface area contributed by atoms with Gasteiger partial charge in [-0.15, -0.1) is 0 Å². The van der Waals surface area contributed by atoms with E-state index in [2.05, 4.69) is 10.5 Å². The van der Waals surface area contributed by atoms with Crippen LogP contribution in [0, 0.1) is 0 Å². The lowest BCUT2D eigenvalue weighted by molar-refractivity contribution is -0.127. The Morgan fingerprint density at radius 1 is 0.971 bits per heavy atom. The van der Waals surface area contributed by atoms with Gasteiger partial charge in [0.15, 0.2) is 17.6 Å². The maximum Gasteiger partial charge on any atom is 0.343 e. The van der Waals surface area contributed by atoms with E-state index in [1.807, 2.05) is 0 Å².